The van der Waals surface area contributed by atoms with Crippen molar-refractivity contribution in [3.63, 3.8) is 0 Å². The Morgan fingerprint density at radius 2 is 2.18 bits per heavy atom. The number of carbonyl (C=O) groups excluding carboxylic acids is 2. The first-order chi connectivity index (χ1) is 8.06. The molecule has 5 heteroatoms. The molecule has 17 heavy (non-hydrogen) atoms. The third kappa shape index (κ3) is 3.71. The molecule has 0 heterocycles. The Morgan fingerprint density at radius 1 is 1.47 bits per heavy atom. The molecule has 3 N–H and O–H groups in total. The molecule has 2 amide bonds. The van der Waals surface area contributed by atoms with E-state index in [1.165, 1.54) is 4.90 Å². The van der Waals surface area contributed by atoms with Gasteiger partial charge in [0, 0.05) is 20.0 Å². The largest absolute Gasteiger partial charge is 0.347 e. The molecule has 0 spiro atoms. The van der Waals surface area contributed by atoms with E-state index in [4.69, 9.17) is 5.73 Å². The normalized spacial score (nSPS) is 19.8. The van der Waals surface area contributed by atoms with E-state index in [0.717, 1.165) is 6.42 Å². The first-order valence-corrected chi connectivity index (χ1v) is 5.60. The fraction of sp³-hybridized carbons (Fsp3) is 0.500. The van der Waals surface area contributed by atoms with Gasteiger partial charge in [0.15, 0.2) is 0 Å². The minimum Gasteiger partial charge on any atom is -0.347 e. The van der Waals surface area contributed by atoms with E-state index in [1.54, 1.807) is 14.1 Å². The lowest BCUT2D eigenvalue weighted by molar-refractivity contribution is -0.135. The SMILES string of the molecule is CN(C)C(=O)C(NC(=O)CN)C1C=CC=CC1. The number of amides is 2. The van der Waals surface area contributed by atoms with Crippen LogP contribution in [0.4, 0.5) is 0 Å². The first-order valence-electron chi connectivity index (χ1n) is 5.60. The molecule has 2 atom stereocenters. The second-order valence-corrected chi connectivity index (χ2v) is 4.19. The van der Waals surface area contributed by atoms with Crippen molar-refractivity contribution in [3.05, 3.63) is 24.3 Å². The van der Waals surface area contributed by atoms with Gasteiger partial charge in [-0.25, -0.2) is 0 Å². The number of hydrogen-bond donors (Lipinski definition) is 2. The van der Waals surface area contributed by atoms with Crippen molar-refractivity contribution in [2.75, 3.05) is 20.6 Å². The van der Waals surface area contributed by atoms with Crippen molar-refractivity contribution in [3.8, 4) is 0 Å². The molecule has 94 valence electrons. The van der Waals surface area contributed by atoms with Gasteiger partial charge in [0.05, 0.1) is 6.54 Å². The Labute approximate surface area is 101 Å². The van der Waals surface area contributed by atoms with E-state index in [9.17, 15) is 9.59 Å². The van der Waals surface area contributed by atoms with Crippen LogP contribution in [0.5, 0.6) is 0 Å². The van der Waals surface area contributed by atoms with E-state index in [0.29, 0.717) is 0 Å². The lowest BCUT2D eigenvalue weighted by Crippen LogP contribution is -2.51. The summed E-state index contributed by atoms with van der Waals surface area (Å²) < 4.78 is 0. The number of likely N-dealkylation sites (N-methyl/N-ethyl adjacent to an activating group) is 1. The van der Waals surface area contributed by atoms with Gasteiger partial charge in [-0.15, -0.1) is 0 Å². The van der Waals surface area contributed by atoms with Crippen LogP contribution in [-0.4, -0.2) is 43.4 Å². The van der Waals surface area contributed by atoms with Crippen LogP contribution in [0.2, 0.25) is 0 Å². The van der Waals surface area contributed by atoms with Crippen LogP contribution in [0, 0.1) is 5.92 Å². The van der Waals surface area contributed by atoms with Crippen molar-refractivity contribution >= 4 is 11.8 Å². The van der Waals surface area contributed by atoms with Crippen LogP contribution in [0.1, 0.15) is 6.42 Å². The highest BCUT2D eigenvalue weighted by molar-refractivity contribution is 5.88. The first kappa shape index (κ1) is 13.4. The second-order valence-electron chi connectivity index (χ2n) is 4.19. The van der Waals surface area contributed by atoms with Gasteiger partial charge in [-0.05, 0) is 6.42 Å². The number of hydrogen-bond acceptors (Lipinski definition) is 3. The van der Waals surface area contributed by atoms with Gasteiger partial charge in [0.1, 0.15) is 6.04 Å². The van der Waals surface area contributed by atoms with Gasteiger partial charge in [0.25, 0.3) is 0 Å². The zero-order chi connectivity index (χ0) is 12.8. The molecule has 5 nitrogen and oxygen atoms in total. The van der Waals surface area contributed by atoms with E-state index >= 15 is 0 Å². The maximum atomic E-state index is 12.0. The van der Waals surface area contributed by atoms with Gasteiger partial charge < -0.3 is 16.0 Å². The van der Waals surface area contributed by atoms with Crippen LogP contribution in [0.15, 0.2) is 24.3 Å². The summed E-state index contributed by atoms with van der Waals surface area (Å²) in [4.78, 5) is 24.8. The summed E-state index contributed by atoms with van der Waals surface area (Å²) in [6.07, 6.45) is 8.47. The second kappa shape index (κ2) is 6.20. The third-order valence-electron chi connectivity index (χ3n) is 2.65. The number of allylic oxidation sites excluding steroid dienone is 3. The molecule has 0 aromatic rings. The molecule has 0 fully saturated rings. The van der Waals surface area contributed by atoms with E-state index < -0.39 is 6.04 Å². The van der Waals surface area contributed by atoms with Crippen molar-refractivity contribution < 1.29 is 9.59 Å². The molecule has 0 aromatic heterocycles. The molecule has 1 rings (SSSR count). The smallest absolute Gasteiger partial charge is 0.245 e. The highest BCUT2D eigenvalue weighted by atomic mass is 16.2. The molecular weight excluding hydrogens is 218 g/mol. The quantitative estimate of drug-likeness (QED) is 0.702. The topological polar surface area (TPSA) is 75.4 Å². The van der Waals surface area contributed by atoms with Crippen LogP contribution in [0.25, 0.3) is 0 Å². The monoisotopic (exact) mass is 237 g/mol. The molecule has 0 saturated heterocycles. The number of rotatable bonds is 4. The standard InChI is InChI=1S/C12H19N3O2/c1-15(2)12(17)11(14-10(16)8-13)9-6-4-3-5-7-9/h3-6,9,11H,7-8,13H2,1-2H3,(H,14,16). The predicted octanol–water partition coefficient (Wildman–Crippen LogP) is -0.350. The molecule has 0 saturated carbocycles. The Kier molecular flexibility index (Phi) is 4.90. The summed E-state index contributed by atoms with van der Waals surface area (Å²) in [5, 5.41) is 2.68. The molecule has 1 aliphatic rings. The highest BCUT2D eigenvalue weighted by Gasteiger charge is 2.28. The van der Waals surface area contributed by atoms with Crippen LogP contribution in [-0.2, 0) is 9.59 Å². The average molecular weight is 237 g/mol. The summed E-state index contributed by atoms with van der Waals surface area (Å²) >= 11 is 0. The van der Waals surface area contributed by atoms with E-state index in [2.05, 4.69) is 5.32 Å². The highest BCUT2D eigenvalue weighted by Crippen LogP contribution is 2.17. The maximum absolute atomic E-state index is 12.0. The molecule has 2 unspecified atom stereocenters. The maximum Gasteiger partial charge on any atom is 0.245 e. The van der Waals surface area contributed by atoms with Gasteiger partial charge in [-0.3, -0.25) is 9.59 Å². The number of nitrogens with zero attached hydrogens (tertiary/aromatic N) is 1. The number of nitrogens with two attached hydrogens (primary N) is 1. The molecule has 0 bridgehead atoms. The van der Waals surface area contributed by atoms with Gasteiger partial charge in [0.2, 0.25) is 11.8 Å². The Bertz CT molecular complexity index is 348. The van der Waals surface area contributed by atoms with Crippen LogP contribution >= 0.6 is 0 Å². The fourth-order valence-corrected chi connectivity index (χ4v) is 1.71. The molecular formula is C12H19N3O2. The summed E-state index contributed by atoms with van der Waals surface area (Å²) in [5.74, 6) is -0.435. The average Bonchev–Trinajstić information content (AvgIpc) is 2.35. The van der Waals surface area contributed by atoms with Crippen molar-refractivity contribution in [2.24, 2.45) is 11.7 Å². The van der Waals surface area contributed by atoms with Gasteiger partial charge in [-0.2, -0.15) is 0 Å². The summed E-state index contributed by atoms with van der Waals surface area (Å²) in [6.45, 7) is -0.108. The van der Waals surface area contributed by atoms with Gasteiger partial charge in [-0.1, -0.05) is 24.3 Å². The van der Waals surface area contributed by atoms with Crippen LogP contribution < -0.4 is 11.1 Å². The Balaban J connectivity index is 2.78. The minimum absolute atomic E-state index is 0.00889. The van der Waals surface area contributed by atoms with E-state index in [1.807, 2.05) is 24.3 Å². The summed E-state index contributed by atoms with van der Waals surface area (Å²) in [5.41, 5.74) is 5.26. The molecule has 1 aliphatic carbocycles. The zero-order valence-corrected chi connectivity index (χ0v) is 10.2. The van der Waals surface area contributed by atoms with Crippen LogP contribution in [0.3, 0.4) is 0 Å². The van der Waals surface area contributed by atoms with Crippen molar-refractivity contribution in [1.82, 2.24) is 10.2 Å². The summed E-state index contributed by atoms with van der Waals surface area (Å²) in [7, 11) is 3.35. The van der Waals surface area contributed by atoms with Crippen molar-refractivity contribution in [2.45, 2.75) is 12.5 Å². The lowest BCUT2D eigenvalue weighted by atomic mass is 9.91. The molecule has 0 radical (unpaired) electrons. The third-order valence-corrected chi connectivity index (χ3v) is 2.65. The molecule has 0 aromatic carbocycles. The minimum atomic E-state index is -0.540. The van der Waals surface area contributed by atoms with Crippen molar-refractivity contribution in [1.29, 1.82) is 0 Å². The zero-order valence-electron chi connectivity index (χ0n) is 10.2. The lowest BCUT2D eigenvalue weighted by Gasteiger charge is -2.27. The number of carbonyl (C=O) groups is 2. The van der Waals surface area contributed by atoms with E-state index in [-0.39, 0.29) is 24.3 Å². The predicted molar refractivity (Wildman–Crippen MR) is 66.1 cm³/mol. The Morgan fingerprint density at radius 3 is 2.65 bits per heavy atom. The Hall–Kier alpha value is -1.62. The van der Waals surface area contributed by atoms with Gasteiger partial charge >= 0.3 is 0 Å². The number of nitrogens with one attached hydrogen (secondary N) is 1. The fourth-order valence-electron chi connectivity index (χ4n) is 1.71. The molecule has 0 aliphatic heterocycles. The summed E-state index contributed by atoms with van der Waals surface area (Å²) in [6, 6.07) is -0.540.